The van der Waals surface area contributed by atoms with Gasteiger partial charge in [0.25, 0.3) is 5.91 Å². The average Bonchev–Trinajstić information content (AvgIpc) is 2.93. The molecule has 1 unspecified atom stereocenters. The molecule has 0 aliphatic rings. The first kappa shape index (κ1) is 29.3. The summed E-state index contributed by atoms with van der Waals surface area (Å²) in [5.41, 5.74) is 3.15. The van der Waals surface area contributed by atoms with Gasteiger partial charge >= 0.3 is 5.97 Å². The Morgan fingerprint density at radius 1 is 0.951 bits per heavy atom. The van der Waals surface area contributed by atoms with Gasteiger partial charge in [0, 0.05) is 17.1 Å². The van der Waals surface area contributed by atoms with Crippen molar-refractivity contribution in [3.63, 3.8) is 0 Å². The Morgan fingerprint density at radius 2 is 1.63 bits per heavy atom. The predicted octanol–water partition coefficient (Wildman–Crippen LogP) is 6.03. The summed E-state index contributed by atoms with van der Waals surface area (Å²) in [6.07, 6.45) is 1.61. The van der Waals surface area contributed by atoms with Crippen LogP contribution >= 0.6 is 0 Å². The highest BCUT2D eigenvalue weighted by Crippen LogP contribution is 2.33. The van der Waals surface area contributed by atoms with E-state index in [4.69, 9.17) is 0 Å². The highest BCUT2D eigenvalue weighted by Gasteiger charge is 2.29. The molecular formula is C32H31F2N3O4. The molecule has 0 saturated carbocycles. The van der Waals surface area contributed by atoms with E-state index in [1.165, 1.54) is 6.07 Å². The second-order valence-electron chi connectivity index (χ2n) is 9.98. The molecule has 1 aromatic heterocycles. The molecule has 7 nitrogen and oxygen atoms in total. The van der Waals surface area contributed by atoms with Gasteiger partial charge < -0.3 is 15.7 Å². The van der Waals surface area contributed by atoms with Crippen LogP contribution < -0.4 is 10.6 Å². The predicted molar refractivity (Wildman–Crippen MR) is 152 cm³/mol. The normalized spacial score (nSPS) is 12.5. The van der Waals surface area contributed by atoms with Crippen molar-refractivity contribution < 1.29 is 28.3 Å². The molecular weight excluding hydrogens is 528 g/mol. The summed E-state index contributed by atoms with van der Waals surface area (Å²) >= 11 is 0. The van der Waals surface area contributed by atoms with Crippen LogP contribution in [0.5, 0.6) is 0 Å². The van der Waals surface area contributed by atoms with E-state index in [0.29, 0.717) is 23.1 Å². The largest absolute Gasteiger partial charge is 0.481 e. The number of carbonyl (C=O) groups is 3. The average molecular weight is 560 g/mol. The van der Waals surface area contributed by atoms with Crippen molar-refractivity contribution in [3.05, 3.63) is 101 Å². The summed E-state index contributed by atoms with van der Waals surface area (Å²) in [6.45, 7) is 5.50. The Bertz CT molecular complexity index is 1600. The molecule has 3 N–H and O–H groups in total. The van der Waals surface area contributed by atoms with Gasteiger partial charge in [-0.2, -0.15) is 0 Å². The Balaban J connectivity index is 1.66. The topological polar surface area (TPSA) is 108 Å². The van der Waals surface area contributed by atoms with E-state index < -0.39 is 47.9 Å². The van der Waals surface area contributed by atoms with Crippen LogP contribution in [0.2, 0.25) is 0 Å². The molecule has 3 aromatic carbocycles. The van der Waals surface area contributed by atoms with Gasteiger partial charge in [-0.05, 0) is 66.8 Å². The lowest BCUT2D eigenvalue weighted by Gasteiger charge is -2.24. The lowest BCUT2D eigenvalue weighted by molar-refractivity contribution is -0.137. The van der Waals surface area contributed by atoms with Crippen LogP contribution in [-0.4, -0.2) is 33.9 Å². The van der Waals surface area contributed by atoms with E-state index in [9.17, 15) is 23.9 Å². The number of para-hydroxylation sites is 1. The third-order valence-electron chi connectivity index (χ3n) is 6.97. The second-order valence-corrected chi connectivity index (χ2v) is 9.98. The zero-order chi connectivity index (χ0) is 29.7. The Hall–Kier alpha value is -4.66. The number of aromatic nitrogens is 1. The highest BCUT2D eigenvalue weighted by atomic mass is 19.2. The number of carboxylic acid groups (broad SMARTS) is 1. The number of carboxylic acids is 1. The molecule has 2 amide bonds. The van der Waals surface area contributed by atoms with Gasteiger partial charge in [0.05, 0.1) is 23.5 Å². The van der Waals surface area contributed by atoms with Crippen molar-refractivity contribution >= 4 is 28.7 Å². The van der Waals surface area contributed by atoms with Gasteiger partial charge in [-0.25, -0.2) is 8.78 Å². The molecule has 0 fully saturated rings. The number of aryl methyl sites for hydroxylation is 2. The van der Waals surface area contributed by atoms with E-state index in [1.807, 2.05) is 51.1 Å². The Kier molecular flexibility index (Phi) is 9.07. The third kappa shape index (κ3) is 6.57. The van der Waals surface area contributed by atoms with Gasteiger partial charge in [0.1, 0.15) is 6.04 Å². The lowest BCUT2D eigenvalue weighted by Crippen LogP contribution is -2.48. The summed E-state index contributed by atoms with van der Waals surface area (Å²) in [7, 11) is 0. The molecule has 4 aromatic rings. The van der Waals surface area contributed by atoms with Crippen LogP contribution in [-0.2, 0) is 9.59 Å². The van der Waals surface area contributed by atoms with Crippen molar-refractivity contribution in [2.24, 2.45) is 0 Å². The van der Waals surface area contributed by atoms with Gasteiger partial charge in [0.2, 0.25) is 5.91 Å². The van der Waals surface area contributed by atoms with Gasteiger partial charge in [0.15, 0.2) is 11.6 Å². The van der Waals surface area contributed by atoms with Gasteiger partial charge in [-0.1, -0.05) is 49.7 Å². The van der Waals surface area contributed by atoms with Crippen LogP contribution in [0.15, 0.2) is 66.9 Å². The molecule has 0 bridgehead atoms. The zero-order valence-electron chi connectivity index (χ0n) is 23.0. The number of benzene rings is 3. The number of halogens is 2. The number of aliphatic carboxylic acids is 1. The highest BCUT2D eigenvalue weighted by molar-refractivity contribution is 6.06. The minimum atomic E-state index is -1.39. The van der Waals surface area contributed by atoms with E-state index in [2.05, 4.69) is 15.6 Å². The molecule has 41 heavy (non-hydrogen) atoms. The standard InChI is InChI=1S/C32H31F2N3O4/c1-4-8-25(36-31(40)22-13-6-11-20-12-7-14-35-30(20)22)32(41)37-26(17-27(38)39)23-15-21(16-24(33)29(23)34)28-18(2)9-5-10-19(28)3/h5-7,9-16,25-26H,4,8,17H2,1-3H3,(H,36,40)(H,37,41)(H,38,39)/t25-,26?/m0/s1. The Labute approximate surface area is 236 Å². The first-order chi connectivity index (χ1) is 19.6. The van der Waals surface area contributed by atoms with Crippen LogP contribution in [0.1, 0.15) is 59.3 Å². The fraction of sp³-hybridized carbons (Fsp3) is 0.250. The molecule has 0 aliphatic carbocycles. The van der Waals surface area contributed by atoms with Gasteiger partial charge in [-0.3, -0.25) is 19.4 Å². The lowest BCUT2D eigenvalue weighted by atomic mass is 9.92. The van der Waals surface area contributed by atoms with Gasteiger partial charge in [-0.15, -0.1) is 0 Å². The smallest absolute Gasteiger partial charge is 0.305 e. The SMILES string of the molecule is CCC[C@H](NC(=O)c1cccc2cccnc12)C(=O)NC(CC(=O)O)c1cc(-c2c(C)cccc2C)cc(F)c1F. The minimum absolute atomic E-state index is 0.231. The molecule has 4 rings (SSSR count). The number of pyridine rings is 1. The minimum Gasteiger partial charge on any atom is -0.481 e. The molecule has 2 atom stereocenters. The molecule has 0 aliphatic heterocycles. The summed E-state index contributed by atoms with van der Waals surface area (Å²) < 4.78 is 30.1. The van der Waals surface area contributed by atoms with E-state index in [0.717, 1.165) is 22.6 Å². The summed E-state index contributed by atoms with van der Waals surface area (Å²) in [5, 5.41) is 15.6. The number of hydrogen-bond acceptors (Lipinski definition) is 4. The molecule has 212 valence electrons. The van der Waals surface area contributed by atoms with E-state index >= 15 is 4.39 Å². The van der Waals surface area contributed by atoms with Crippen molar-refractivity contribution in [3.8, 4) is 11.1 Å². The van der Waals surface area contributed by atoms with Crippen LogP contribution in [0.25, 0.3) is 22.0 Å². The maximum absolute atomic E-state index is 15.2. The number of rotatable bonds is 10. The fourth-order valence-electron chi connectivity index (χ4n) is 5.04. The van der Waals surface area contributed by atoms with Crippen molar-refractivity contribution in [2.75, 3.05) is 0 Å². The summed E-state index contributed by atoms with van der Waals surface area (Å²) in [6, 6.07) is 14.2. The summed E-state index contributed by atoms with van der Waals surface area (Å²) in [5.74, 6) is -4.97. The molecule has 0 radical (unpaired) electrons. The van der Waals surface area contributed by atoms with Crippen molar-refractivity contribution in [1.29, 1.82) is 0 Å². The first-order valence-corrected chi connectivity index (χ1v) is 13.3. The van der Waals surface area contributed by atoms with E-state index in [-0.39, 0.29) is 17.5 Å². The molecule has 1 heterocycles. The maximum atomic E-state index is 15.2. The maximum Gasteiger partial charge on any atom is 0.305 e. The third-order valence-corrected chi connectivity index (χ3v) is 6.97. The number of fused-ring (bicyclic) bond motifs is 1. The molecule has 0 saturated heterocycles. The summed E-state index contributed by atoms with van der Waals surface area (Å²) in [4.78, 5) is 42.7. The van der Waals surface area contributed by atoms with Crippen LogP contribution in [0.3, 0.4) is 0 Å². The number of amides is 2. The fourth-order valence-corrected chi connectivity index (χ4v) is 5.04. The van der Waals surface area contributed by atoms with E-state index in [1.54, 1.807) is 24.4 Å². The van der Waals surface area contributed by atoms with Crippen molar-refractivity contribution in [2.45, 2.75) is 52.1 Å². The quantitative estimate of drug-likeness (QED) is 0.220. The molecule has 9 heteroatoms. The first-order valence-electron chi connectivity index (χ1n) is 13.3. The number of carbonyl (C=O) groups excluding carboxylic acids is 2. The number of nitrogens with zero attached hydrogens (tertiary/aromatic N) is 1. The molecule has 0 spiro atoms. The van der Waals surface area contributed by atoms with Crippen LogP contribution in [0, 0.1) is 25.5 Å². The Morgan fingerprint density at radius 3 is 2.32 bits per heavy atom. The monoisotopic (exact) mass is 559 g/mol. The van der Waals surface area contributed by atoms with Crippen molar-refractivity contribution in [1.82, 2.24) is 15.6 Å². The second kappa shape index (κ2) is 12.7. The van der Waals surface area contributed by atoms with Crippen LogP contribution in [0.4, 0.5) is 8.78 Å². The number of nitrogens with one attached hydrogen (secondary N) is 2. The zero-order valence-corrected chi connectivity index (χ0v) is 23.0. The number of hydrogen-bond donors (Lipinski definition) is 3.